The summed E-state index contributed by atoms with van der Waals surface area (Å²) in [5, 5.41) is 2.11. The third kappa shape index (κ3) is 5.50. The van der Waals surface area contributed by atoms with Gasteiger partial charge in [0.15, 0.2) is 13.2 Å². The van der Waals surface area contributed by atoms with E-state index >= 15 is 0 Å². The van der Waals surface area contributed by atoms with Gasteiger partial charge in [0.05, 0.1) is 5.69 Å². The molecule has 1 N–H and O–H groups in total. The summed E-state index contributed by atoms with van der Waals surface area (Å²) >= 11 is 0. The van der Waals surface area contributed by atoms with Gasteiger partial charge >= 0.3 is 5.97 Å². The van der Waals surface area contributed by atoms with E-state index in [0.717, 1.165) is 30.3 Å². The molecule has 2 aromatic rings. The fraction of sp³-hybridized carbons (Fsp3) is 0.250. The number of rotatable bonds is 7. The standard InChI is InChI=1S/C20H18F2N2O5/c21-13-3-8-16(22)17(10-13)23-18(25)11-29-20(27)12-28-15-6-4-14(5-7-15)24-9-1-2-19(24)26/h3-8,10H,1-2,9,11-12H2,(H,23,25). The predicted molar refractivity (Wildman–Crippen MR) is 99.5 cm³/mol. The second-order valence-electron chi connectivity index (χ2n) is 6.26. The Kier molecular flexibility index (Phi) is 6.38. The first-order valence-corrected chi connectivity index (χ1v) is 8.86. The lowest BCUT2D eigenvalue weighted by molar-refractivity contribution is -0.149. The first-order valence-electron chi connectivity index (χ1n) is 8.86. The van der Waals surface area contributed by atoms with Crippen LogP contribution in [0.5, 0.6) is 5.75 Å². The Bertz CT molecular complexity index is 918. The molecule has 152 valence electrons. The fourth-order valence-electron chi connectivity index (χ4n) is 2.75. The molecule has 3 rings (SSSR count). The van der Waals surface area contributed by atoms with Crippen LogP contribution in [0.25, 0.3) is 0 Å². The number of amides is 2. The van der Waals surface area contributed by atoms with E-state index < -0.39 is 36.7 Å². The van der Waals surface area contributed by atoms with Gasteiger partial charge in [0, 0.05) is 24.7 Å². The van der Waals surface area contributed by atoms with Crippen LogP contribution in [0.2, 0.25) is 0 Å². The normalized spacial score (nSPS) is 13.3. The number of hydrogen-bond donors (Lipinski definition) is 1. The number of hydrogen-bond acceptors (Lipinski definition) is 5. The van der Waals surface area contributed by atoms with E-state index in [2.05, 4.69) is 5.32 Å². The highest BCUT2D eigenvalue weighted by atomic mass is 19.1. The van der Waals surface area contributed by atoms with Crippen LogP contribution in [-0.2, 0) is 19.1 Å². The summed E-state index contributed by atoms with van der Waals surface area (Å²) in [4.78, 5) is 36.8. The summed E-state index contributed by atoms with van der Waals surface area (Å²) in [5.41, 5.74) is 0.405. The van der Waals surface area contributed by atoms with E-state index in [1.54, 1.807) is 29.2 Å². The van der Waals surface area contributed by atoms with E-state index in [1.165, 1.54) is 0 Å². The summed E-state index contributed by atoms with van der Waals surface area (Å²) < 4.78 is 36.5. The van der Waals surface area contributed by atoms with Gasteiger partial charge in [-0.1, -0.05) is 0 Å². The highest BCUT2D eigenvalue weighted by Crippen LogP contribution is 2.23. The van der Waals surface area contributed by atoms with Gasteiger partial charge < -0.3 is 19.7 Å². The Balaban J connectivity index is 1.42. The predicted octanol–water partition coefficient (Wildman–Crippen LogP) is 2.65. The molecule has 0 aromatic heterocycles. The van der Waals surface area contributed by atoms with Gasteiger partial charge in [-0.3, -0.25) is 9.59 Å². The van der Waals surface area contributed by atoms with Crippen LogP contribution in [0.4, 0.5) is 20.2 Å². The van der Waals surface area contributed by atoms with Gasteiger partial charge in [0.25, 0.3) is 5.91 Å². The molecule has 1 saturated heterocycles. The van der Waals surface area contributed by atoms with Crippen LogP contribution < -0.4 is 15.0 Å². The third-order valence-electron chi connectivity index (χ3n) is 4.15. The van der Waals surface area contributed by atoms with Crippen molar-refractivity contribution < 1.29 is 32.6 Å². The SMILES string of the molecule is O=C(COC(=O)COc1ccc(N2CCCC2=O)cc1)Nc1cc(F)ccc1F. The number of nitrogens with one attached hydrogen (secondary N) is 1. The topological polar surface area (TPSA) is 84.9 Å². The lowest BCUT2D eigenvalue weighted by atomic mass is 10.3. The van der Waals surface area contributed by atoms with Gasteiger partial charge in [-0.2, -0.15) is 0 Å². The second kappa shape index (κ2) is 9.13. The monoisotopic (exact) mass is 404 g/mol. The first kappa shape index (κ1) is 20.2. The molecular formula is C20H18F2N2O5. The molecule has 0 aliphatic carbocycles. The van der Waals surface area contributed by atoms with Crippen molar-refractivity contribution >= 4 is 29.2 Å². The van der Waals surface area contributed by atoms with E-state index in [4.69, 9.17) is 9.47 Å². The molecule has 2 amide bonds. The molecular weight excluding hydrogens is 386 g/mol. The zero-order chi connectivity index (χ0) is 20.8. The van der Waals surface area contributed by atoms with Crippen molar-refractivity contribution in [1.29, 1.82) is 0 Å². The number of nitrogens with zero attached hydrogens (tertiary/aromatic N) is 1. The zero-order valence-corrected chi connectivity index (χ0v) is 15.3. The smallest absolute Gasteiger partial charge is 0.344 e. The maximum absolute atomic E-state index is 13.5. The fourth-order valence-corrected chi connectivity index (χ4v) is 2.75. The van der Waals surface area contributed by atoms with E-state index in [9.17, 15) is 23.2 Å². The van der Waals surface area contributed by atoms with Gasteiger partial charge in [-0.05, 0) is 42.8 Å². The molecule has 9 heteroatoms. The Morgan fingerprint density at radius 3 is 2.52 bits per heavy atom. The number of halogens is 2. The molecule has 1 aliphatic heterocycles. The molecule has 0 unspecified atom stereocenters. The number of ether oxygens (including phenoxy) is 2. The molecule has 1 heterocycles. The summed E-state index contributed by atoms with van der Waals surface area (Å²) in [6.07, 6.45) is 1.35. The minimum atomic E-state index is -0.817. The van der Waals surface area contributed by atoms with Crippen LogP contribution in [0.15, 0.2) is 42.5 Å². The number of carbonyl (C=O) groups is 3. The largest absolute Gasteiger partial charge is 0.482 e. The molecule has 0 saturated carbocycles. The number of benzene rings is 2. The van der Waals surface area contributed by atoms with Gasteiger partial charge in [0.1, 0.15) is 17.4 Å². The van der Waals surface area contributed by atoms with Crippen molar-refractivity contribution in [2.45, 2.75) is 12.8 Å². The van der Waals surface area contributed by atoms with Gasteiger partial charge in [0.2, 0.25) is 5.91 Å². The zero-order valence-electron chi connectivity index (χ0n) is 15.3. The maximum Gasteiger partial charge on any atom is 0.344 e. The molecule has 29 heavy (non-hydrogen) atoms. The average Bonchev–Trinajstić information content (AvgIpc) is 3.14. The second-order valence-corrected chi connectivity index (χ2v) is 6.26. The van der Waals surface area contributed by atoms with Gasteiger partial charge in [-0.25, -0.2) is 13.6 Å². The van der Waals surface area contributed by atoms with Crippen molar-refractivity contribution in [2.75, 3.05) is 30.0 Å². The summed E-state index contributed by atoms with van der Waals surface area (Å²) in [6, 6.07) is 9.27. The number of carbonyl (C=O) groups excluding carboxylic acids is 3. The Morgan fingerprint density at radius 2 is 1.83 bits per heavy atom. The van der Waals surface area contributed by atoms with Crippen LogP contribution in [0, 0.1) is 11.6 Å². The quantitative estimate of drug-likeness (QED) is 0.718. The third-order valence-corrected chi connectivity index (χ3v) is 4.15. The van der Waals surface area contributed by atoms with Crippen LogP contribution >= 0.6 is 0 Å². The molecule has 1 aliphatic rings. The maximum atomic E-state index is 13.5. The highest BCUT2D eigenvalue weighted by Gasteiger charge is 2.21. The van der Waals surface area contributed by atoms with Crippen molar-refractivity contribution in [3.8, 4) is 5.75 Å². The van der Waals surface area contributed by atoms with Crippen LogP contribution in [0.3, 0.4) is 0 Å². The molecule has 0 atom stereocenters. The lowest BCUT2D eigenvalue weighted by Gasteiger charge is -2.16. The molecule has 7 nitrogen and oxygen atoms in total. The van der Waals surface area contributed by atoms with Gasteiger partial charge in [-0.15, -0.1) is 0 Å². The summed E-state index contributed by atoms with van der Waals surface area (Å²) in [7, 11) is 0. The molecule has 0 bridgehead atoms. The van der Waals surface area contributed by atoms with Crippen molar-refractivity contribution in [3.63, 3.8) is 0 Å². The lowest BCUT2D eigenvalue weighted by Crippen LogP contribution is -2.24. The average molecular weight is 404 g/mol. The van der Waals surface area contributed by atoms with E-state index in [0.29, 0.717) is 18.7 Å². The molecule has 0 radical (unpaired) electrons. The summed E-state index contributed by atoms with van der Waals surface area (Å²) in [6.45, 7) is -0.440. The van der Waals surface area contributed by atoms with Crippen molar-refractivity contribution in [3.05, 3.63) is 54.1 Å². The van der Waals surface area contributed by atoms with Crippen molar-refractivity contribution in [1.82, 2.24) is 0 Å². The Hall–Kier alpha value is -3.49. The molecule has 2 aromatic carbocycles. The van der Waals surface area contributed by atoms with E-state index in [1.807, 2.05) is 0 Å². The summed E-state index contributed by atoms with van der Waals surface area (Å²) in [5.74, 6) is -2.69. The molecule has 0 spiro atoms. The molecule has 1 fully saturated rings. The van der Waals surface area contributed by atoms with Crippen LogP contribution in [0.1, 0.15) is 12.8 Å². The minimum Gasteiger partial charge on any atom is -0.482 e. The number of esters is 1. The Labute approximate surface area is 165 Å². The van der Waals surface area contributed by atoms with E-state index in [-0.39, 0.29) is 11.6 Å². The van der Waals surface area contributed by atoms with Crippen LogP contribution in [-0.4, -0.2) is 37.5 Å². The van der Waals surface area contributed by atoms with Crippen molar-refractivity contribution in [2.24, 2.45) is 0 Å². The highest BCUT2D eigenvalue weighted by molar-refractivity contribution is 5.95. The Morgan fingerprint density at radius 1 is 1.07 bits per heavy atom. The first-order chi connectivity index (χ1) is 13.9. The minimum absolute atomic E-state index is 0.0682. The number of anilines is 2.